The largest absolute Gasteiger partial charge is 0.444 e. The monoisotopic (exact) mass is 292 g/mol. The lowest BCUT2D eigenvalue weighted by atomic mass is 10.2. The molecule has 1 atom stereocenters. The van der Waals surface area contributed by atoms with E-state index in [0.717, 1.165) is 0 Å². The van der Waals surface area contributed by atoms with Crippen molar-refractivity contribution in [2.24, 2.45) is 0 Å². The molecule has 19 heavy (non-hydrogen) atoms. The second-order valence-corrected chi connectivity index (χ2v) is 7.95. The number of rotatable bonds is 2. The van der Waals surface area contributed by atoms with E-state index in [-0.39, 0.29) is 6.09 Å². The molecule has 0 aliphatic carbocycles. The van der Waals surface area contributed by atoms with Gasteiger partial charge in [-0.15, -0.1) is 0 Å². The van der Waals surface area contributed by atoms with Crippen LogP contribution in [0.3, 0.4) is 0 Å². The van der Waals surface area contributed by atoms with Gasteiger partial charge >= 0.3 is 6.09 Å². The van der Waals surface area contributed by atoms with Crippen LogP contribution >= 0.6 is 0 Å². The second-order valence-electron chi connectivity index (χ2n) is 5.71. The van der Waals surface area contributed by atoms with E-state index in [2.05, 4.69) is 0 Å². The number of piperazine rings is 1. The topological polar surface area (TPSA) is 76.9 Å². The summed E-state index contributed by atoms with van der Waals surface area (Å²) in [5.74, 6) is 0. The van der Waals surface area contributed by atoms with Crippen molar-refractivity contribution in [3.63, 3.8) is 0 Å². The van der Waals surface area contributed by atoms with Crippen molar-refractivity contribution >= 4 is 16.2 Å². The van der Waals surface area contributed by atoms with E-state index in [1.807, 2.05) is 20.8 Å². The Morgan fingerprint density at radius 1 is 1.21 bits per heavy atom. The van der Waals surface area contributed by atoms with E-state index >= 15 is 0 Å². The molecule has 8 heteroatoms. The number of nitrogens with one attached hydrogen (secondary N) is 1. The van der Waals surface area contributed by atoms with Crippen molar-refractivity contribution in [2.45, 2.75) is 26.4 Å². The molecular weight excluding hydrogens is 268 g/mol. The number of carbonyl (C=O) groups excluding carboxylic acids is 1. The Balaban J connectivity index is 2.57. The lowest BCUT2D eigenvalue weighted by Crippen LogP contribution is -2.53. The summed E-state index contributed by atoms with van der Waals surface area (Å²) < 4.78 is 28.2. The molecule has 1 heterocycles. The highest BCUT2D eigenvalue weighted by Crippen LogP contribution is 2.14. The molecule has 0 radical (unpaired) electrons. The summed E-state index contributed by atoms with van der Waals surface area (Å²) in [5.41, 5.74) is -0.513. The van der Waals surface area contributed by atoms with Gasteiger partial charge in [-0.2, -0.15) is 0 Å². The van der Waals surface area contributed by atoms with Gasteiger partial charge in [-0.1, -0.05) is 0 Å². The zero-order chi connectivity index (χ0) is 14.8. The Kier molecular flexibility index (Phi) is 4.81. The van der Waals surface area contributed by atoms with Crippen LogP contribution in [-0.2, 0) is 14.8 Å². The van der Waals surface area contributed by atoms with Gasteiger partial charge in [0.1, 0.15) is 5.60 Å². The van der Waals surface area contributed by atoms with Crippen LogP contribution in [-0.4, -0.2) is 69.7 Å². The first kappa shape index (κ1) is 16.2. The molecule has 1 aliphatic heterocycles. The van der Waals surface area contributed by atoms with E-state index in [0.29, 0.717) is 26.2 Å². The highest BCUT2D eigenvalue weighted by molar-refractivity contribution is 7.87. The van der Waals surface area contributed by atoms with Gasteiger partial charge in [-0.3, -0.25) is 0 Å². The molecule has 7 nitrogen and oxygen atoms in total. The highest BCUT2D eigenvalue weighted by Gasteiger charge is 2.30. The quantitative estimate of drug-likeness (QED) is 0.824. The van der Waals surface area contributed by atoms with E-state index < -0.39 is 15.7 Å². The minimum absolute atomic E-state index is 0.353. The molecule has 1 amide bonds. The summed E-state index contributed by atoms with van der Waals surface area (Å²) in [6.45, 7) is 7.16. The SMILES string of the molecule is CN(C)S(=N)(=O)N1CCN(C(=O)OC(C)(C)C)CC1. The maximum atomic E-state index is 12.1. The predicted molar refractivity (Wildman–Crippen MR) is 73.9 cm³/mol. The molecule has 0 spiro atoms. The van der Waals surface area contributed by atoms with Gasteiger partial charge < -0.3 is 9.64 Å². The number of hydrogen-bond donors (Lipinski definition) is 1. The third-order valence-electron chi connectivity index (χ3n) is 2.74. The van der Waals surface area contributed by atoms with Crippen LogP contribution in [0.15, 0.2) is 0 Å². The molecule has 1 unspecified atom stereocenters. The molecule has 1 saturated heterocycles. The molecule has 1 N–H and O–H groups in total. The van der Waals surface area contributed by atoms with E-state index in [1.165, 1.54) is 4.31 Å². The molecule has 1 rings (SSSR count). The van der Waals surface area contributed by atoms with Crippen molar-refractivity contribution in [3.05, 3.63) is 0 Å². The second kappa shape index (κ2) is 5.64. The van der Waals surface area contributed by atoms with Crippen molar-refractivity contribution in [1.29, 1.82) is 4.78 Å². The summed E-state index contributed by atoms with van der Waals surface area (Å²) in [6, 6.07) is 0. The molecule has 0 aromatic heterocycles. The molecular formula is C11H24N4O3S. The number of carbonyl (C=O) groups is 1. The van der Waals surface area contributed by atoms with Gasteiger partial charge in [-0.25, -0.2) is 22.4 Å². The van der Waals surface area contributed by atoms with Gasteiger partial charge in [-0.05, 0) is 20.8 Å². The molecule has 0 bridgehead atoms. The Morgan fingerprint density at radius 3 is 2.05 bits per heavy atom. The zero-order valence-electron chi connectivity index (χ0n) is 12.3. The van der Waals surface area contributed by atoms with E-state index in [4.69, 9.17) is 9.52 Å². The number of hydrogen-bond acceptors (Lipinski definition) is 4. The fourth-order valence-electron chi connectivity index (χ4n) is 1.68. The molecule has 112 valence electrons. The average molecular weight is 292 g/mol. The van der Waals surface area contributed by atoms with Crippen LogP contribution in [0.5, 0.6) is 0 Å². The lowest BCUT2D eigenvalue weighted by Gasteiger charge is -2.37. The standard InChI is InChI=1S/C11H24N4O3S/c1-11(2,3)18-10(16)14-6-8-15(9-7-14)19(12,17)13(4)5/h12H,6-9H2,1-5H3. The Hall–Kier alpha value is -0.860. The lowest BCUT2D eigenvalue weighted by molar-refractivity contribution is 0.0192. The van der Waals surface area contributed by atoms with Gasteiger partial charge in [0.05, 0.1) is 0 Å². The summed E-state index contributed by atoms with van der Waals surface area (Å²) in [5, 5.41) is 0. The summed E-state index contributed by atoms with van der Waals surface area (Å²) in [6.07, 6.45) is -0.353. The molecule has 0 aromatic rings. The summed E-state index contributed by atoms with van der Waals surface area (Å²) >= 11 is 0. The smallest absolute Gasteiger partial charge is 0.410 e. The maximum Gasteiger partial charge on any atom is 0.410 e. The summed E-state index contributed by atoms with van der Waals surface area (Å²) in [4.78, 5) is 13.5. The van der Waals surface area contributed by atoms with Gasteiger partial charge in [0.25, 0.3) is 0 Å². The molecule has 0 saturated carbocycles. The first-order valence-electron chi connectivity index (χ1n) is 6.23. The zero-order valence-corrected chi connectivity index (χ0v) is 13.1. The molecule has 0 aromatic carbocycles. The number of ether oxygens (including phenoxy) is 1. The van der Waals surface area contributed by atoms with Gasteiger partial charge in [0, 0.05) is 40.3 Å². The number of nitrogens with zero attached hydrogens (tertiary/aromatic N) is 3. The van der Waals surface area contributed by atoms with Crippen LogP contribution in [0, 0.1) is 4.78 Å². The Labute approximate surface area is 115 Å². The third kappa shape index (κ3) is 4.32. The summed E-state index contributed by atoms with van der Waals surface area (Å²) in [7, 11) is 0.345. The van der Waals surface area contributed by atoms with E-state index in [9.17, 15) is 9.00 Å². The van der Waals surface area contributed by atoms with Crippen LogP contribution in [0.4, 0.5) is 4.79 Å². The third-order valence-corrected chi connectivity index (χ3v) is 4.79. The van der Waals surface area contributed by atoms with Crippen molar-refractivity contribution in [1.82, 2.24) is 13.5 Å². The Morgan fingerprint density at radius 2 is 1.68 bits per heavy atom. The first-order chi connectivity index (χ1) is 8.54. The fourth-order valence-corrected chi connectivity index (χ4v) is 2.80. The minimum Gasteiger partial charge on any atom is -0.444 e. The van der Waals surface area contributed by atoms with Crippen LogP contribution in [0.25, 0.3) is 0 Å². The Bertz CT molecular complexity index is 420. The van der Waals surface area contributed by atoms with Crippen molar-refractivity contribution in [3.8, 4) is 0 Å². The highest BCUT2D eigenvalue weighted by atomic mass is 32.2. The van der Waals surface area contributed by atoms with Gasteiger partial charge in [0.2, 0.25) is 0 Å². The van der Waals surface area contributed by atoms with Crippen molar-refractivity contribution in [2.75, 3.05) is 40.3 Å². The van der Waals surface area contributed by atoms with Gasteiger partial charge in [0.15, 0.2) is 10.1 Å². The normalized spacial score (nSPS) is 21.3. The molecule has 1 fully saturated rings. The number of amides is 1. The van der Waals surface area contributed by atoms with Crippen molar-refractivity contribution < 1.29 is 13.7 Å². The molecule has 1 aliphatic rings. The predicted octanol–water partition coefficient (Wildman–Crippen LogP) is 0.977. The van der Waals surface area contributed by atoms with Crippen LogP contribution in [0.1, 0.15) is 20.8 Å². The van der Waals surface area contributed by atoms with Crippen LogP contribution < -0.4 is 0 Å². The average Bonchev–Trinajstić information content (AvgIpc) is 2.26. The minimum atomic E-state index is -2.90. The van der Waals surface area contributed by atoms with Crippen LogP contribution in [0.2, 0.25) is 0 Å². The maximum absolute atomic E-state index is 12.1. The fraction of sp³-hybridized carbons (Fsp3) is 0.909. The first-order valence-corrected chi connectivity index (χ1v) is 7.70. The van der Waals surface area contributed by atoms with E-state index in [1.54, 1.807) is 23.3 Å².